The van der Waals surface area contributed by atoms with Crippen molar-refractivity contribution in [3.63, 3.8) is 0 Å². The Labute approximate surface area is 141 Å². The highest BCUT2D eigenvalue weighted by molar-refractivity contribution is 7.80. The second kappa shape index (κ2) is 6.64. The van der Waals surface area contributed by atoms with Gasteiger partial charge in [0.2, 0.25) is 0 Å². The SMILES string of the molecule is COc1ccccc1-n1cc(C(=S)N2C[C@@H](C)O[C@H](C)C2)nn1. The van der Waals surface area contributed by atoms with Gasteiger partial charge in [0, 0.05) is 13.1 Å². The normalized spacial score (nSPS) is 21.3. The molecule has 122 valence electrons. The molecule has 0 spiro atoms. The number of hydrogen-bond acceptors (Lipinski definition) is 5. The van der Waals surface area contributed by atoms with Gasteiger partial charge < -0.3 is 14.4 Å². The first-order chi connectivity index (χ1) is 11.1. The second-order valence-corrected chi connectivity index (χ2v) is 6.07. The zero-order valence-corrected chi connectivity index (χ0v) is 14.3. The Balaban J connectivity index is 1.83. The summed E-state index contributed by atoms with van der Waals surface area (Å²) >= 11 is 5.59. The number of morpholine rings is 1. The average Bonchev–Trinajstić information content (AvgIpc) is 3.03. The van der Waals surface area contributed by atoms with Gasteiger partial charge in [0.1, 0.15) is 22.1 Å². The zero-order chi connectivity index (χ0) is 16.4. The molecule has 1 aromatic heterocycles. The van der Waals surface area contributed by atoms with E-state index in [0.717, 1.165) is 24.5 Å². The number of rotatable bonds is 3. The largest absolute Gasteiger partial charge is 0.494 e. The molecule has 3 rings (SSSR count). The number of methoxy groups -OCH3 is 1. The molecular formula is C16H20N4O2S. The lowest BCUT2D eigenvalue weighted by atomic mass is 10.2. The van der Waals surface area contributed by atoms with Crippen molar-refractivity contribution >= 4 is 17.2 Å². The van der Waals surface area contributed by atoms with Gasteiger partial charge in [-0.2, -0.15) is 0 Å². The molecule has 7 heteroatoms. The van der Waals surface area contributed by atoms with Gasteiger partial charge in [-0.15, -0.1) is 5.10 Å². The van der Waals surface area contributed by atoms with Crippen molar-refractivity contribution in [1.29, 1.82) is 0 Å². The molecule has 1 saturated heterocycles. The van der Waals surface area contributed by atoms with E-state index in [0.29, 0.717) is 10.7 Å². The van der Waals surface area contributed by atoms with Gasteiger partial charge in [-0.3, -0.25) is 0 Å². The van der Waals surface area contributed by atoms with Crippen molar-refractivity contribution in [1.82, 2.24) is 19.9 Å². The Morgan fingerprint density at radius 3 is 2.65 bits per heavy atom. The van der Waals surface area contributed by atoms with E-state index in [2.05, 4.69) is 29.1 Å². The van der Waals surface area contributed by atoms with E-state index in [1.54, 1.807) is 11.8 Å². The van der Waals surface area contributed by atoms with Crippen LogP contribution in [0.25, 0.3) is 5.69 Å². The minimum Gasteiger partial charge on any atom is -0.494 e. The van der Waals surface area contributed by atoms with Gasteiger partial charge >= 0.3 is 0 Å². The Morgan fingerprint density at radius 1 is 1.26 bits per heavy atom. The molecule has 0 aliphatic carbocycles. The molecule has 0 bridgehead atoms. The lowest BCUT2D eigenvalue weighted by Gasteiger charge is -2.36. The van der Waals surface area contributed by atoms with Crippen LogP contribution >= 0.6 is 12.2 Å². The number of aromatic nitrogens is 3. The summed E-state index contributed by atoms with van der Waals surface area (Å²) in [6.07, 6.45) is 2.15. The van der Waals surface area contributed by atoms with E-state index >= 15 is 0 Å². The number of thiocarbonyl (C=S) groups is 1. The first-order valence-corrected chi connectivity index (χ1v) is 7.99. The molecule has 6 nitrogen and oxygen atoms in total. The van der Waals surface area contributed by atoms with Gasteiger partial charge in [0.25, 0.3) is 0 Å². The summed E-state index contributed by atoms with van der Waals surface area (Å²) in [5, 5.41) is 8.42. The van der Waals surface area contributed by atoms with Gasteiger partial charge in [0.05, 0.1) is 25.5 Å². The van der Waals surface area contributed by atoms with Crippen LogP contribution in [-0.2, 0) is 4.74 Å². The quantitative estimate of drug-likeness (QED) is 0.802. The van der Waals surface area contributed by atoms with Crippen LogP contribution < -0.4 is 4.74 Å². The molecule has 2 aromatic rings. The second-order valence-electron chi connectivity index (χ2n) is 5.69. The maximum absolute atomic E-state index is 5.75. The predicted octanol–water partition coefficient (Wildman–Crippen LogP) is 2.06. The molecule has 1 aliphatic heterocycles. The Kier molecular flexibility index (Phi) is 4.58. The number of nitrogens with zero attached hydrogens (tertiary/aromatic N) is 4. The number of hydrogen-bond donors (Lipinski definition) is 0. The lowest BCUT2D eigenvalue weighted by Crippen LogP contribution is -2.47. The number of para-hydroxylation sites is 2. The highest BCUT2D eigenvalue weighted by Gasteiger charge is 2.25. The predicted molar refractivity (Wildman–Crippen MR) is 91.2 cm³/mol. The maximum atomic E-state index is 5.75. The first-order valence-electron chi connectivity index (χ1n) is 7.59. The van der Waals surface area contributed by atoms with Crippen LogP contribution in [0.3, 0.4) is 0 Å². The van der Waals surface area contributed by atoms with Crippen molar-refractivity contribution in [2.75, 3.05) is 20.2 Å². The van der Waals surface area contributed by atoms with Gasteiger partial charge in [-0.05, 0) is 26.0 Å². The average molecular weight is 332 g/mol. The van der Waals surface area contributed by atoms with Crippen LogP contribution in [0.4, 0.5) is 0 Å². The molecule has 0 N–H and O–H groups in total. The minimum absolute atomic E-state index is 0.154. The fourth-order valence-corrected chi connectivity index (χ4v) is 3.05. The van der Waals surface area contributed by atoms with E-state index in [4.69, 9.17) is 21.7 Å². The van der Waals surface area contributed by atoms with Gasteiger partial charge in [-0.1, -0.05) is 29.6 Å². The highest BCUT2D eigenvalue weighted by atomic mass is 32.1. The maximum Gasteiger partial charge on any atom is 0.144 e. The third kappa shape index (κ3) is 3.35. The van der Waals surface area contributed by atoms with E-state index in [-0.39, 0.29) is 12.2 Å². The molecule has 1 aliphatic rings. The van der Waals surface area contributed by atoms with Crippen molar-refractivity contribution in [2.45, 2.75) is 26.1 Å². The Hall–Kier alpha value is -1.99. The third-order valence-corrected chi connectivity index (χ3v) is 4.22. The molecule has 23 heavy (non-hydrogen) atoms. The summed E-state index contributed by atoms with van der Waals surface area (Å²) in [7, 11) is 1.64. The molecule has 0 saturated carbocycles. The zero-order valence-electron chi connectivity index (χ0n) is 13.5. The molecule has 0 radical (unpaired) electrons. The van der Waals surface area contributed by atoms with Crippen LogP contribution in [0.2, 0.25) is 0 Å². The summed E-state index contributed by atoms with van der Waals surface area (Å²) in [6.45, 7) is 5.64. The Morgan fingerprint density at radius 2 is 1.96 bits per heavy atom. The fraction of sp³-hybridized carbons (Fsp3) is 0.438. The van der Waals surface area contributed by atoms with Crippen LogP contribution in [0, 0.1) is 0 Å². The first kappa shape index (κ1) is 15.9. The van der Waals surface area contributed by atoms with E-state index < -0.39 is 0 Å². The van der Waals surface area contributed by atoms with Crippen molar-refractivity contribution in [3.8, 4) is 11.4 Å². The van der Waals surface area contributed by atoms with Crippen LogP contribution in [0.5, 0.6) is 5.75 Å². The van der Waals surface area contributed by atoms with Crippen molar-refractivity contribution in [2.24, 2.45) is 0 Å². The van der Waals surface area contributed by atoms with Gasteiger partial charge in [0.15, 0.2) is 0 Å². The summed E-state index contributed by atoms with van der Waals surface area (Å²) in [5.74, 6) is 0.739. The van der Waals surface area contributed by atoms with Crippen LogP contribution in [0.1, 0.15) is 19.5 Å². The Bertz CT molecular complexity index is 693. The monoisotopic (exact) mass is 332 g/mol. The van der Waals surface area contributed by atoms with Crippen LogP contribution in [0.15, 0.2) is 30.5 Å². The molecular weight excluding hydrogens is 312 g/mol. The minimum atomic E-state index is 0.154. The van der Waals surface area contributed by atoms with Gasteiger partial charge in [-0.25, -0.2) is 4.68 Å². The molecule has 0 unspecified atom stereocenters. The molecule has 1 fully saturated rings. The summed E-state index contributed by atoms with van der Waals surface area (Å²) < 4.78 is 12.8. The summed E-state index contributed by atoms with van der Waals surface area (Å²) in [6, 6.07) is 7.67. The number of benzene rings is 1. The standard InChI is InChI=1S/C16H20N4O2S/c1-11-8-19(9-12(2)22-11)16(23)13-10-20(18-17-13)14-6-4-5-7-15(14)21-3/h4-7,10-12H,8-9H2,1-3H3/t11-,12-/m1/s1. The third-order valence-electron chi connectivity index (χ3n) is 3.75. The van der Waals surface area contributed by atoms with Crippen LogP contribution in [-0.4, -0.2) is 57.3 Å². The van der Waals surface area contributed by atoms with E-state index in [9.17, 15) is 0 Å². The smallest absolute Gasteiger partial charge is 0.144 e. The fourth-order valence-electron chi connectivity index (χ4n) is 2.80. The summed E-state index contributed by atoms with van der Waals surface area (Å²) in [4.78, 5) is 2.83. The van der Waals surface area contributed by atoms with Crippen molar-refractivity contribution in [3.05, 3.63) is 36.2 Å². The molecule has 1 aromatic carbocycles. The van der Waals surface area contributed by atoms with E-state index in [1.807, 2.05) is 30.5 Å². The molecule has 0 amide bonds. The lowest BCUT2D eigenvalue weighted by molar-refractivity contribution is -0.0472. The number of ether oxygens (including phenoxy) is 2. The molecule has 2 heterocycles. The molecule has 2 atom stereocenters. The van der Waals surface area contributed by atoms with E-state index in [1.165, 1.54) is 0 Å². The highest BCUT2D eigenvalue weighted by Crippen LogP contribution is 2.21. The summed E-state index contributed by atoms with van der Waals surface area (Å²) in [5.41, 5.74) is 1.52. The topological polar surface area (TPSA) is 52.4 Å². The van der Waals surface area contributed by atoms with Crippen molar-refractivity contribution < 1.29 is 9.47 Å².